The van der Waals surface area contributed by atoms with Crippen molar-refractivity contribution in [3.05, 3.63) is 70.2 Å². The van der Waals surface area contributed by atoms with Gasteiger partial charge in [0.05, 0.1) is 6.61 Å². The van der Waals surface area contributed by atoms with Gasteiger partial charge in [0.15, 0.2) is 5.96 Å². The van der Waals surface area contributed by atoms with E-state index in [0.29, 0.717) is 6.61 Å². The number of hydrogen-bond donors (Lipinski definition) is 2. The molecule has 0 unspecified atom stereocenters. The second-order valence-corrected chi connectivity index (χ2v) is 6.12. The van der Waals surface area contributed by atoms with E-state index in [0.717, 1.165) is 37.1 Å². The fourth-order valence-electron chi connectivity index (χ4n) is 2.36. The Kier molecular flexibility index (Phi) is 11.3. The zero-order valence-corrected chi connectivity index (χ0v) is 18.4. The summed E-state index contributed by atoms with van der Waals surface area (Å²) in [6.45, 7) is 4.95. The van der Waals surface area contributed by atoms with Gasteiger partial charge in [0.2, 0.25) is 0 Å². The van der Waals surface area contributed by atoms with Gasteiger partial charge >= 0.3 is 0 Å². The van der Waals surface area contributed by atoms with Crippen LogP contribution in [-0.2, 0) is 24.3 Å². The number of rotatable bonds is 8. The molecule has 0 aromatic heterocycles. The molecule has 0 bridgehead atoms. The van der Waals surface area contributed by atoms with Gasteiger partial charge in [0, 0.05) is 31.8 Å². The third-order valence-corrected chi connectivity index (χ3v) is 4.05. The van der Waals surface area contributed by atoms with Crippen LogP contribution in [0.4, 0.5) is 0 Å². The minimum atomic E-state index is 0. The summed E-state index contributed by atoms with van der Waals surface area (Å²) in [4.78, 5) is 4.26. The van der Waals surface area contributed by atoms with Crippen LogP contribution in [0.5, 0.6) is 0 Å². The summed E-state index contributed by atoms with van der Waals surface area (Å²) in [5.41, 5.74) is 3.65. The van der Waals surface area contributed by atoms with Gasteiger partial charge in [0.25, 0.3) is 0 Å². The Labute approximate surface area is 178 Å². The fourth-order valence-corrected chi connectivity index (χ4v) is 2.48. The Bertz CT molecular complexity index is 660. The average molecular weight is 488 g/mol. The molecule has 2 aromatic carbocycles. The molecule has 0 amide bonds. The van der Waals surface area contributed by atoms with Crippen LogP contribution in [0.25, 0.3) is 0 Å². The second kappa shape index (κ2) is 12.9. The Balaban J connectivity index is 0.00000338. The lowest BCUT2D eigenvalue weighted by molar-refractivity contribution is 0.134. The number of nitrogens with one attached hydrogen (secondary N) is 2. The lowest BCUT2D eigenvalue weighted by Crippen LogP contribution is -2.37. The number of ether oxygens (including phenoxy) is 1. The third-order valence-electron chi connectivity index (χ3n) is 3.80. The number of aliphatic imine (C=N–C) groups is 1. The van der Waals surface area contributed by atoms with E-state index in [1.807, 2.05) is 31.2 Å². The smallest absolute Gasteiger partial charge is 0.191 e. The van der Waals surface area contributed by atoms with Crippen LogP contribution >= 0.6 is 35.6 Å². The molecule has 0 atom stereocenters. The first-order valence-corrected chi connectivity index (χ1v) is 8.93. The van der Waals surface area contributed by atoms with Gasteiger partial charge in [-0.3, -0.25) is 4.99 Å². The lowest BCUT2D eigenvalue weighted by atomic mass is 10.1. The van der Waals surface area contributed by atoms with E-state index in [1.165, 1.54) is 16.7 Å². The summed E-state index contributed by atoms with van der Waals surface area (Å²) >= 11 is 5.90. The molecule has 0 radical (unpaired) electrons. The largest absolute Gasteiger partial charge is 0.377 e. The lowest BCUT2D eigenvalue weighted by Gasteiger charge is -2.12. The van der Waals surface area contributed by atoms with Gasteiger partial charge in [-0.2, -0.15) is 0 Å². The predicted octanol–water partition coefficient (Wildman–Crippen LogP) is 4.40. The minimum absolute atomic E-state index is 0. The molecule has 0 aliphatic carbocycles. The first-order valence-electron chi connectivity index (χ1n) is 8.55. The number of nitrogens with zero attached hydrogens (tertiary/aromatic N) is 1. The minimum Gasteiger partial charge on any atom is -0.377 e. The molecule has 142 valence electrons. The van der Waals surface area contributed by atoms with Crippen molar-refractivity contribution in [2.75, 3.05) is 20.2 Å². The maximum atomic E-state index is 5.90. The molecule has 4 nitrogen and oxygen atoms in total. The van der Waals surface area contributed by atoms with Crippen molar-refractivity contribution < 1.29 is 4.74 Å². The van der Waals surface area contributed by atoms with Crippen LogP contribution in [0.3, 0.4) is 0 Å². The SMILES string of the molecule is CCOCc1ccc(CNC(=NC)NCCc2ccc(Cl)cc2)cc1.I. The van der Waals surface area contributed by atoms with E-state index in [2.05, 4.69) is 39.9 Å². The van der Waals surface area contributed by atoms with Gasteiger partial charge in [0.1, 0.15) is 0 Å². The maximum Gasteiger partial charge on any atom is 0.191 e. The first-order chi connectivity index (χ1) is 12.2. The maximum absolute atomic E-state index is 5.90. The molecule has 0 aliphatic rings. The molecule has 0 fully saturated rings. The Morgan fingerprint density at radius 2 is 1.58 bits per heavy atom. The van der Waals surface area contributed by atoms with E-state index < -0.39 is 0 Å². The molecule has 26 heavy (non-hydrogen) atoms. The van der Waals surface area contributed by atoms with E-state index in [-0.39, 0.29) is 24.0 Å². The van der Waals surface area contributed by atoms with E-state index in [9.17, 15) is 0 Å². The highest BCUT2D eigenvalue weighted by molar-refractivity contribution is 14.0. The van der Waals surface area contributed by atoms with Gasteiger partial charge in [-0.1, -0.05) is 48.0 Å². The first kappa shape index (κ1) is 22.7. The van der Waals surface area contributed by atoms with Crippen LogP contribution in [0.2, 0.25) is 5.02 Å². The van der Waals surface area contributed by atoms with Crippen LogP contribution in [0, 0.1) is 0 Å². The molecule has 2 rings (SSSR count). The van der Waals surface area contributed by atoms with Gasteiger partial charge in [-0.05, 0) is 42.2 Å². The summed E-state index contributed by atoms with van der Waals surface area (Å²) in [7, 11) is 1.78. The van der Waals surface area contributed by atoms with Crippen LogP contribution in [0.15, 0.2) is 53.5 Å². The zero-order valence-electron chi connectivity index (χ0n) is 15.3. The average Bonchev–Trinajstić information content (AvgIpc) is 2.65. The van der Waals surface area contributed by atoms with E-state index in [4.69, 9.17) is 16.3 Å². The highest BCUT2D eigenvalue weighted by atomic mass is 127. The van der Waals surface area contributed by atoms with Crippen molar-refractivity contribution in [1.29, 1.82) is 0 Å². The number of halogens is 2. The summed E-state index contributed by atoms with van der Waals surface area (Å²) in [6, 6.07) is 16.4. The Morgan fingerprint density at radius 3 is 2.19 bits per heavy atom. The number of benzene rings is 2. The van der Waals surface area contributed by atoms with E-state index >= 15 is 0 Å². The van der Waals surface area contributed by atoms with Gasteiger partial charge in [-0.15, -0.1) is 24.0 Å². The van der Waals surface area contributed by atoms with Crippen molar-refractivity contribution in [1.82, 2.24) is 10.6 Å². The second-order valence-electron chi connectivity index (χ2n) is 5.68. The summed E-state index contributed by atoms with van der Waals surface area (Å²) in [6.07, 6.45) is 0.921. The fraction of sp³-hybridized carbons (Fsp3) is 0.350. The molecular weight excluding hydrogens is 461 g/mol. The summed E-state index contributed by atoms with van der Waals surface area (Å²) < 4.78 is 5.41. The van der Waals surface area contributed by atoms with Gasteiger partial charge in [-0.25, -0.2) is 0 Å². The summed E-state index contributed by atoms with van der Waals surface area (Å²) in [5, 5.41) is 7.42. The number of hydrogen-bond acceptors (Lipinski definition) is 2. The van der Waals surface area contributed by atoms with E-state index in [1.54, 1.807) is 7.05 Å². The Hall–Kier alpha value is -1.31. The number of guanidine groups is 1. The topological polar surface area (TPSA) is 45.6 Å². The molecule has 2 aromatic rings. The van der Waals surface area contributed by atoms with Crippen molar-refractivity contribution in [3.8, 4) is 0 Å². The molecule has 0 heterocycles. The molecule has 6 heteroatoms. The molecule has 0 saturated carbocycles. The zero-order chi connectivity index (χ0) is 17.9. The van der Waals surface area contributed by atoms with Gasteiger partial charge < -0.3 is 15.4 Å². The molecule has 0 saturated heterocycles. The highest BCUT2D eigenvalue weighted by Gasteiger charge is 2.00. The van der Waals surface area contributed by atoms with Crippen molar-refractivity contribution in [3.63, 3.8) is 0 Å². The van der Waals surface area contributed by atoms with Crippen LogP contribution in [-0.4, -0.2) is 26.2 Å². The molecule has 0 spiro atoms. The molecule has 0 aliphatic heterocycles. The molecule has 2 N–H and O–H groups in total. The third kappa shape index (κ3) is 8.38. The Morgan fingerprint density at radius 1 is 0.962 bits per heavy atom. The van der Waals surface area contributed by atoms with Crippen molar-refractivity contribution in [2.45, 2.75) is 26.5 Å². The standard InChI is InChI=1S/C20H26ClN3O.HI/c1-3-25-15-18-6-4-17(5-7-18)14-24-20(22-2)23-13-12-16-8-10-19(21)11-9-16;/h4-11H,3,12-15H2,1-2H3,(H2,22,23,24);1H. The molecular formula is C20H27ClIN3O. The quantitative estimate of drug-likeness (QED) is 0.330. The van der Waals surface area contributed by atoms with Crippen LogP contribution < -0.4 is 10.6 Å². The van der Waals surface area contributed by atoms with Crippen molar-refractivity contribution >= 4 is 41.5 Å². The monoisotopic (exact) mass is 487 g/mol. The predicted molar refractivity (Wildman–Crippen MR) is 121 cm³/mol. The van der Waals surface area contributed by atoms with Crippen molar-refractivity contribution in [2.24, 2.45) is 4.99 Å². The summed E-state index contributed by atoms with van der Waals surface area (Å²) in [5.74, 6) is 0.798. The van der Waals surface area contributed by atoms with Crippen LogP contribution in [0.1, 0.15) is 23.6 Å². The highest BCUT2D eigenvalue weighted by Crippen LogP contribution is 2.09. The normalized spacial score (nSPS) is 11.0.